The summed E-state index contributed by atoms with van der Waals surface area (Å²) in [4.78, 5) is 7.68. The number of fused-ring (bicyclic) bond motifs is 1. The van der Waals surface area contributed by atoms with E-state index in [2.05, 4.69) is 63.0 Å². The summed E-state index contributed by atoms with van der Waals surface area (Å²) >= 11 is 3.55. The second-order valence-corrected chi connectivity index (χ2v) is 5.42. The molecule has 2 aromatic heterocycles. The molecule has 0 aromatic carbocycles. The number of nitrogens with zero attached hydrogens (tertiary/aromatic N) is 3. The highest BCUT2D eigenvalue weighted by atomic mass is 79.9. The first kappa shape index (κ1) is 20.6. The van der Waals surface area contributed by atoms with Crippen molar-refractivity contribution in [1.29, 1.82) is 0 Å². The first-order valence-corrected chi connectivity index (χ1v) is 8.54. The van der Waals surface area contributed by atoms with Crippen molar-refractivity contribution >= 4 is 33.7 Å². The van der Waals surface area contributed by atoms with Gasteiger partial charge in [-0.3, -0.25) is 0 Å². The van der Waals surface area contributed by atoms with Gasteiger partial charge < -0.3 is 9.56 Å². The van der Waals surface area contributed by atoms with Crippen molar-refractivity contribution in [1.82, 2.24) is 9.55 Å². The smallest absolute Gasteiger partial charge is 0.140 e. The third-order valence-electron chi connectivity index (χ3n) is 3.04. The first-order chi connectivity index (χ1) is 10.6. The Labute approximate surface area is 143 Å². The monoisotopic (exact) mass is 365 g/mol. The summed E-state index contributed by atoms with van der Waals surface area (Å²) in [6.45, 7) is 14.3. The molecule has 0 amide bonds. The van der Waals surface area contributed by atoms with E-state index in [4.69, 9.17) is 0 Å². The van der Waals surface area contributed by atoms with Crippen molar-refractivity contribution in [2.24, 2.45) is 4.99 Å². The van der Waals surface area contributed by atoms with Gasteiger partial charge in [-0.15, -0.1) is 0 Å². The zero-order valence-corrected chi connectivity index (χ0v) is 15.9. The van der Waals surface area contributed by atoms with E-state index < -0.39 is 0 Å². The van der Waals surface area contributed by atoms with Crippen LogP contribution in [0.2, 0.25) is 0 Å². The normalized spacial score (nSPS) is 9.32. The van der Waals surface area contributed by atoms with E-state index in [0.717, 1.165) is 35.9 Å². The van der Waals surface area contributed by atoms with Crippen LogP contribution in [0.1, 0.15) is 40.0 Å². The van der Waals surface area contributed by atoms with Crippen molar-refractivity contribution in [3.63, 3.8) is 0 Å². The van der Waals surface area contributed by atoms with Crippen molar-refractivity contribution < 1.29 is 0 Å². The molecule has 22 heavy (non-hydrogen) atoms. The number of hydrogen-bond donors (Lipinski definition) is 0. The molecular formula is C18H28BrN3. The number of aryl methyl sites for hydroxylation is 1. The van der Waals surface area contributed by atoms with Crippen molar-refractivity contribution in [2.45, 2.75) is 46.6 Å². The van der Waals surface area contributed by atoms with Crippen LogP contribution in [0.25, 0.3) is 11.0 Å². The van der Waals surface area contributed by atoms with Crippen LogP contribution in [0.15, 0.2) is 46.1 Å². The topological polar surface area (TPSA) is 30.2 Å². The number of rotatable bonds is 5. The van der Waals surface area contributed by atoms with Gasteiger partial charge in [-0.25, -0.2) is 4.98 Å². The molecule has 0 bridgehead atoms. The Morgan fingerprint density at radius 2 is 2.00 bits per heavy atom. The molecule has 2 heterocycles. The highest BCUT2D eigenvalue weighted by molar-refractivity contribution is 9.10. The number of pyridine rings is 1. The first-order valence-electron chi connectivity index (χ1n) is 7.74. The molecule has 0 fully saturated rings. The highest BCUT2D eigenvalue weighted by Crippen LogP contribution is 2.23. The molecule has 0 atom stereocenters. The highest BCUT2D eigenvalue weighted by Gasteiger charge is 2.04. The molecule has 3 nitrogen and oxygen atoms in total. The van der Waals surface area contributed by atoms with Crippen LogP contribution >= 0.6 is 15.9 Å². The summed E-state index contributed by atoms with van der Waals surface area (Å²) in [5.41, 5.74) is 2.39. The number of allylic oxidation sites excluding steroid dienone is 1. The van der Waals surface area contributed by atoms with E-state index in [1.165, 1.54) is 11.0 Å². The van der Waals surface area contributed by atoms with Crippen LogP contribution in [0.5, 0.6) is 0 Å². The molecule has 2 aromatic rings. The maximum atomic E-state index is 4.43. The Morgan fingerprint density at radius 1 is 1.36 bits per heavy atom. The number of aliphatic imine (C=N–C) groups is 1. The summed E-state index contributed by atoms with van der Waals surface area (Å²) in [5, 5.41) is 1.18. The molecular weight excluding hydrogens is 338 g/mol. The fourth-order valence-electron chi connectivity index (χ4n) is 1.91. The lowest BCUT2D eigenvalue weighted by atomic mass is 10.1. The molecule has 0 unspecified atom stereocenters. The van der Waals surface area contributed by atoms with Crippen molar-refractivity contribution in [2.75, 3.05) is 7.05 Å². The van der Waals surface area contributed by atoms with Gasteiger partial charge >= 0.3 is 0 Å². The second-order valence-electron chi connectivity index (χ2n) is 4.56. The van der Waals surface area contributed by atoms with E-state index in [0.29, 0.717) is 0 Å². The minimum Gasteiger partial charge on any atom is -0.332 e. The number of halogens is 1. The van der Waals surface area contributed by atoms with E-state index in [9.17, 15) is 0 Å². The summed E-state index contributed by atoms with van der Waals surface area (Å²) in [6.07, 6.45) is 7.26. The van der Waals surface area contributed by atoms with E-state index in [1.807, 2.05) is 26.1 Å². The molecule has 2 rings (SSSR count). The lowest BCUT2D eigenvalue weighted by Gasteiger charge is -2.05. The van der Waals surface area contributed by atoms with Crippen LogP contribution in [-0.4, -0.2) is 23.3 Å². The van der Waals surface area contributed by atoms with Gasteiger partial charge in [0.1, 0.15) is 5.65 Å². The molecule has 0 saturated heterocycles. The minimum absolute atomic E-state index is 1.01. The van der Waals surface area contributed by atoms with E-state index >= 15 is 0 Å². The van der Waals surface area contributed by atoms with E-state index in [1.54, 1.807) is 7.05 Å². The number of hydrogen-bond acceptors (Lipinski definition) is 2. The molecule has 0 aliphatic carbocycles. The fourth-order valence-corrected chi connectivity index (χ4v) is 2.34. The van der Waals surface area contributed by atoms with Gasteiger partial charge in [0.05, 0.1) is 0 Å². The molecule has 0 saturated carbocycles. The SMILES string of the molecule is C=C(CC)CCCn1ccc2c(Br)ccnc21.C=NC.CC. The predicted octanol–water partition coefficient (Wildman–Crippen LogP) is 5.89. The lowest BCUT2D eigenvalue weighted by Crippen LogP contribution is -1.97. The van der Waals surface area contributed by atoms with Crippen LogP contribution < -0.4 is 0 Å². The Balaban J connectivity index is 0.000000789. The minimum atomic E-state index is 1.01. The van der Waals surface area contributed by atoms with Gasteiger partial charge in [-0.2, -0.15) is 0 Å². The van der Waals surface area contributed by atoms with Crippen LogP contribution in [0.3, 0.4) is 0 Å². The maximum absolute atomic E-state index is 4.43. The fraction of sp³-hybridized carbons (Fsp3) is 0.444. The molecule has 0 N–H and O–H groups in total. The predicted molar refractivity (Wildman–Crippen MR) is 103 cm³/mol. The molecule has 0 aliphatic rings. The summed E-state index contributed by atoms with van der Waals surface area (Å²) in [7, 11) is 1.64. The van der Waals surface area contributed by atoms with Crippen LogP contribution in [0.4, 0.5) is 0 Å². The summed E-state index contributed by atoms with van der Waals surface area (Å²) in [5.74, 6) is 0. The second kappa shape index (κ2) is 12.2. The average molecular weight is 366 g/mol. The van der Waals surface area contributed by atoms with Gasteiger partial charge in [-0.1, -0.05) is 32.9 Å². The van der Waals surface area contributed by atoms with Gasteiger partial charge in [0.25, 0.3) is 0 Å². The average Bonchev–Trinajstić information content (AvgIpc) is 2.95. The molecule has 0 aliphatic heterocycles. The third-order valence-corrected chi connectivity index (χ3v) is 3.73. The van der Waals surface area contributed by atoms with Crippen molar-refractivity contribution in [3.8, 4) is 0 Å². The molecule has 0 radical (unpaired) electrons. The zero-order valence-electron chi connectivity index (χ0n) is 14.3. The van der Waals surface area contributed by atoms with Crippen LogP contribution in [0, 0.1) is 0 Å². The third kappa shape index (κ3) is 6.56. The summed E-state index contributed by atoms with van der Waals surface area (Å²) in [6, 6.07) is 4.09. The van der Waals surface area contributed by atoms with Crippen molar-refractivity contribution in [3.05, 3.63) is 41.2 Å². The maximum Gasteiger partial charge on any atom is 0.140 e. The Bertz CT molecular complexity index is 573. The standard InChI is InChI=1S/C14H17BrN2.C2H5N.C2H6/c1-3-11(2)5-4-9-17-10-7-12-13(15)6-8-16-14(12)17;1-3-2;1-2/h6-8,10H,2-5,9H2,1H3;1H2,2H3;1-2H3. The van der Waals surface area contributed by atoms with Gasteiger partial charge in [0, 0.05) is 35.8 Å². The van der Waals surface area contributed by atoms with Gasteiger partial charge in [-0.05, 0) is 54.0 Å². The lowest BCUT2D eigenvalue weighted by molar-refractivity contribution is 0.649. The van der Waals surface area contributed by atoms with Gasteiger partial charge in [0.2, 0.25) is 0 Å². The zero-order chi connectivity index (χ0) is 17.0. The quantitative estimate of drug-likeness (QED) is 0.479. The Morgan fingerprint density at radius 3 is 2.59 bits per heavy atom. The molecule has 0 spiro atoms. The number of aromatic nitrogens is 2. The molecule has 4 heteroatoms. The Kier molecular flexibility index (Phi) is 11.4. The Hall–Kier alpha value is -1.42. The molecule has 122 valence electrons. The van der Waals surface area contributed by atoms with E-state index in [-0.39, 0.29) is 0 Å². The van der Waals surface area contributed by atoms with Gasteiger partial charge in [0.15, 0.2) is 0 Å². The summed E-state index contributed by atoms with van der Waals surface area (Å²) < 4.78 is 3.32. The largest absolute Gasteiger partial charge is 0.332 e. The van der Waals surface area contributed by atoms with Crippen LogP contribution in [-0.2, 0) is 6.54 Å².